The van der Waals surface area contributed by atoms with E-state index in [4.69, 9.17) is 0 Å². The summed E-state index contributed by atoms with van der Waals surface area (Å²) in [5.41, 5.74) is 2.44. The minimum absolute atomic E-state index is 0.167. The molecule has 0 saturated carbocycles. The highest BCUT2D eigenvalue weighted by atomic mass is 19.2. The molecule has 0 atom stereocenters. The van der Waals surface area contributed by atoms with Gasteiger partial charge < -0.3 is 10.6 Å². The zero-order valence-corrected chi connectivity index (χ0v) is 14.0. The number of benzene rings is 2. The molecule has 7 heteroatoms. The van der Waals surface area contributed by atoms with Crippen molar-refractivity contribution >= 4 is 23.2 Å². The molecule has 0 fully saturated rings. The van der Waals surface area contributed by atoms with E-state index in [-0.39, 0.29) is 17.4 Å². The average Bonchev–Trinajstić information content (AvgIpc) is 2.66. The zero-order chi connectivity index (χ0) is 18.5. The van der Waals surface area contributed by atoms with Crippen LogP contribution in [0.2, 0.25) is 0 Å². The molecule has 0 radical (unpaired) electrons. The van der Waals surface area contributed by atoms with Crippen molar-refractivity contribution in [3.8, 4) is 0 Å². The van der Waals surface area contributed by atoms with Crippen LogP contribution in [0.15, 0.2) is 54.9 Å². The summed E-state index contributed by atoms with van der Waals surface area (Å²) in [4.78, 5) is 20.3. The lowest BCUT2D eigenvalue weighted by Gasteiger charge is -2.07. The largest absolute Gasteiger partial charge is 0.324 e. The summed E-state index contributed by atoms with van der Waals surface area (Å²) in [7, 11) is 0. The van der Waals surface area contributed by atoms with Crippen LogP contribution in [0, 0.1) is 11.6 Å². The first kappa shape index (κ1) is 17.5. The first-order chi connectivity index (χ1) is 12.5. The van der Waals surface area contributed by atoms with Gasteiger partial charge in [0.1, 0.15) is 0 Å². The fraction of sp³-hybridized carbons (Fsp3) is 0.105. The zero-order valence-electron chi connectivity index (χ0n) is 14.0. The molecule has 0 aliphatic rings. The molecule has 0 aliphatic carbocycles. The number of carbonyl (C=O) groups excluding carboxylic acids is 1. The van der Waals surface area contributed by atoms with Gasteiger partial charge in [0.05, 0.1) is 5.56 Å². The van der Waals surface area contributed by atoms with Crippen molar-refractivity contribution in [3.63, 3.8) is 0 Å². The van der Waals surface area contributed by atoms with Crippen molar-refractivity contribution in [2.75, 3.05) is 10.6 Å². The molecule has 5 nitrogen and oxygen atoms in total. The minimum Gasteiger partial charge on any atom is -0.324 e. The van der Waals surface area contributed by atoms with E-state index in [0.29, 0.717) is 11.4 Å². The summed E-state index contributed by atoms with van der Waals surface area (Å²) >= 11 is 0. The Bertz CT molecular complexity index is 912. The number of nitrogens with zero attached hydrogens (tertiary/aromatic N) is 2. The number of rotatable bonds is 5. The van der Waals surface area contributed by atoms with Crippen molar-refractivity contribution in [2.24, 2.45) is 0 Å². The van der Waals surface area contributed by atoms with Gasteiger partial charge in [-0.3, -0.25) is 4.79 Å². The Hall–Kier alpha value is -3.35. The molecule has 3 aromatic rings. The predicted molar refractivity (Wildman–Crippen MR) is 95.4 cm³/mol. The molecule has 0 unspecified atom stereocenters. The van der Waals surface area contributed by atoms with Crippen LogP contribution < -0.4 is 10.6 Å². The van der Waals surface area contributed by atoms with E-state index in [9.17, 15) is 13.6 Å². The maximum absolute atomic E-state index is 13.2. The van der Waals surface area contributed by atoms with Gasteiger partial charge in [-0.1, -0.05) is 19.1 Å². The summed E-state index contributed by atoms with van der Waals surface area (Å²) < 4.78 is 26.1. The van der Waals surface area contributed by atoms with Gasteiger partial charge in [0.25, 0.3) is 5.91 Å². The van der Waals surface area contributed by atoms with E-state index < -0.39 is 11.6 Å². The molecule has 0 bridgehead atoms. The number of aromatic nitrogens is 2. The highest BCUT2D eigenvalue weighted by molar-refractivity contribution is 6.03. The van der Waals surface area contributed by atoms with Crippen LogP contribution in [0.1, 0.15) is 22.8 Å². The van der Waals surface area contributed by atoms with Crippen molar-refractivity contribution < 1.29 is 13.6 Å². The summed E-state index contributed by atoms with van der Waals surface area (Å²) in [5, 5.41) is 5.50. The second-order valence-electron chi connectivity index (χ2n) is 5.55. The molecule has 1 heterocycles. The molecule has 0 aliphatic heterocycles. The van der Waals surface area contributed by atoms with Crippen molar-refractivity contribution in [2.45, 2.75) is 13.3 Å². The predicted octanol–water partition coefficient (Wildman–Crippen LogP) is 4.31. The van der Waals surface area contributed by atoms with Crippen LogP contribution in [0.4, 0.5) is 26.1 Å². The van der Waals surface area contributed by atoms with Crippen molar-refractivity contribution in [3.05, 3.63) is 77.6 Å². The van der Waals surface area contributed by atoms with E-state index in [1.807, 2.05) is 24.3 Å². The first-order valence-electron chi connectivity index (χ1n) is 7.99. The molecular weight excluding hydrogens is 338 g/mol. The third-order valence-electron chi connectivity index (χ3n) is 3.71. The van der Waals surface area contributed by atoms with E-state index in [0.717, 1.165) is 18.6 Å². The van der Waals surface area contributed by atoms with Gasteiger partial charge in [0.15, 0.2) is 11.6 Å². The molecule has 26 heavy (non-hydrogen) atoms. The van der Waals surface area contributed by atoms with Gasteiger partial charge in [-0.25, -0.2) is 18.7 Å². The van der Waals surface area contributed by atoms with Crippen LogP contribution >= 0.6 is 0 Å². The SMILES string of the molecule is CCc1ccc(NC(=O)c2cnc(Nc3ccc(F)c(F)c3)nc2)cc1. The summed E-state index contributed by atoms with van der Waals surface area (Å²) in [5.74, 6) is -2.08. The summed E-state index contributed by atoms with van der Waals surface area (Å²) in [6, 6.07) is 10.9. The summed E-state index contributed by atoms with van der Waals surface area (Å²) in [6.07, 6.45) is 3.63. The van der Waals surface area contributed by atoms with E-state index in [2.05, 4.69) is 27.5 Å². The van der Waals surface area contributed by atoms with Crippen LogP contribution in [-0.4, -0.2) is 15.9 Å². The highest BCUT2D eigenvalue weighted by Gasteiger charge is 2.09. The maximum atomic E-state index is 13.2. The fourth-order valence-corrected chi connectivity index (χ4v) is 2.24. The lowest BCUT2D eigenvalue weighted by Crippen LogP contribution is -2.13. The molecule has 132 valence electrons. The van der Waals surface area contributed by atoms with Crippen molar-refractivity contribution in [1.29, 1.82) is 0 Å². The van der Waals surface area contributed by atoms with Gasteiger partial charge in [0, 0.05) is 29.8 Å². The molecule has 0 saturated heterocycles. The molecule has 1 amide bonds. The summed E-state index contributed by atoms with van der Waals surface area (Å²) in [6.45, 7) is 2.06. The van der Waals surface area contributed by atoms with E-state index in [1.165, 1.54) is 24.0 Å². The van der Waals surface area contributed by atoms with Crippen LogP contribution in [-0.2, 0) is 6.42 Å². The first-order valence-corrected chi connectivity index (χ1v) is 7.99. The number of nitrogens with one attached hydrogen (secondary N) is 2. The van der Waals surface area contributed by atoms with E-state index in [1.54, 1.807) is 0 Å². The second kappa shape index (κ2) is 7.69. The van der Waals surface area contributed by atoms with Gasteiger partial charge in [0.2, 0.25) is 5.95 Å². The normalized spacial score (nSPS) is 10.4. The van der Waals surface area contributed by atoms with Crippen LogP contribution in [0.25, 0.3) is 0 Å². The molecule has 3 rings (SSSR count). The van der Waals surface area contributed by atoms with Crippen LogP contribution in [0.5, 0.6) is 0 Å². The number of halogens is 2. The number of hydrogen-bond acceptors (Lipinski definition) is 4. The van der Waals surface area contributed by atoms with Gasteiger partial charge in [-0.05, 0) is 36.2 Å². The Balaban J connectivity index is 1.66. The quantitative estimate of drug-likeness (QED) is 0.716. The van der Waals surface area contributed by atoms with Gasteiger partial charge in [-0.15, -0.1) is 0 Å². The molecule has 1 aromatic heterocycles. The Morgan fingerprint density at radius 3 is 2.23 bits per heavy atom. The molecule has 2 N–H and O–H groups in total. The average molecular weight is 354 g/mol. The number of amides is 1. The Morgan fingerprint density at radius 2 is 1.62 bits per heavy atom. The molecule has 2 aromatic carbocycles. The lowest BCUT2D eigenvalue weighted by atomic mass is 10.1. The molecule has 0 spiro atoms. The number of anilines is 3. The maximum Gasteiger partial charge on any atom is 0.258 e. The smallest absolute Gasteiger partial charge is 0.258 e. The third-order valence-corrected chi connectivity index (χ3v) is 3.71. The van der Waals surface area contributed by atoms with E-state index >= 15 is 0 Å². The topological polar surface area (TPSA) is 66.9 Å². The van der Waals surface area contributed by atoms with Crippen LogP contribution in [0.3, 0.4) is 0 Å². The standard InChI is InChI=1S/C19H16F2N4O/c1-2-12-3-5-14(6-4-12)24-18(26)13-10-22-19(23-11-13)25-15-7-8-16(20)17(21)9-15/h3-11H,2H2,1H3,(H,24,26)(H,22,23,25). The second-order valence-corrected chi connectivity index (χ2v) is 5.55. The highest BCUT2D eigenvalue weighted by Crippen LogP contribution is 2.17. The number of carbonyl (C=O) groups is 1. The number of hydrogen-bond donors (Lipinski definition) is 2. The monoisotopic (exact) mass is 354 g/mol. The fourth-order valence-electron chi connectivity index (χ4n) is 2.24. The Morgan fingerprint density at radius 1 is 0.962 bits per heavy atom. The Labute approximate surface area is 149 Å². The minimum atomic E-state index is -0.972. The lowest BCUT2D eigenvalue weighted by molar-refractivity contribution is 0.102. The van der Waals surface area contributed by atoms with Gasteiger partial charge >= 0.3 is 0 Å². The molecular formula is C19H16F2N4O. The number of aryl methyl sites for hydroxylation is 1. The van der Waals surface area contributed by atoms with Gasteiger partial charge in [-0.2, -0.15) is 0 Å². The Kier molecular flexibility index (Phi) is 5.17. The third kappa shape index (κ3) is 4.18. The van der Waals surface area contributed by atoms with Crippen molar-refractivity contribution in [1.82, 2.24) is 9.97 Å².